The van der Waals surface area contributed by atoms with E-state index in [1.807, 2.05) is 30.5 Å². The number of para-hydroxylation sites is 1. The summed E-state index contributed by atoms with van der Waals surface area (Å²) in [6.07, 6.45) is 1.37. The lowest BCUT2D eigenvalue weighted by Gasteiger charge is -2.07. The highest BCUT2D eigenvalue weighted by Gasteiger charge is 2.15. The van der Waals surface area contributed by atoms with E-state index in [-0.39, 0.29) is 12.5 Å². The molecule has 1 aromatic carbocycles. The Morgan fingerprint density at radius 2 is 2.00 bits per heavy atom. The zero-order valence-electron chi connectivity index (χ0n) is 12.3. The number of nitrogens with one attached hydrogen (secondary N) is 1. The van der Waals surface area contributed by atoms with Crippen molar-refractivity contribution in [3.8, 4) is 0 Å². The molecule has 0 spiro atoms. The van der Waals surface area contributed by atoms with E-state index in [4.69, 9.17) is 0 Å². The lowest BCUT2D eigenvalue weighted by Crippen LogP contribution is -2.30. The molecular formula is C16H22N2O2. The van der Waals surface area contributed by atoms with Crippen LogP contribution in [-0.2, 0) is 6.54 Å². The zero-order chi connectivity index (χ0) is 14.7. The molecule has 4 nitrogen and oxygen atoms in total. The van der Waals surface area contributed by atoms with Crippen molar-refractivity contribution in [2.45, 2.75) is 33.4 Å². The second-order valence-electron chi connectivity index (χ2n) is 5.67. The topological polar surface area (TPSA) is 54.3 Å². The average Bonchev–Trinajstić information content (AvgIpc) is 2.74. The molecule has 0 aliphatic carbocycles. The summed E-state index contributed by atoms with van der Waals surface area (Å²) in [7, 11) is 0. The standard InChI is InChI=1S/C16H22N2O2/c1-11(2)9-18-10-14(16(20)17-8-12(3)19)13-6-4-5-7-15(13)18/h4-7,10-12,19H,8-9H2,1-3H3,(H,17,20). The molecule has 0 aliphatic heterocycles. The van der Waals surface area contributed by atoms with Gasteiger partial charge in [0.1, 0.15) is 0 Å². The third-order valence-corrected chi connectivity index (χ3v) is 3.15. The van der Waals surface area contributed by atoms with Crippen LogP contribution < -0.4 is 5.32 Å². The van der Waals surface area contributed by atoms with Crippen LogP contribution in [0.1, 0.15) is 31.1 Å². The predicted octanol–water partition coefficient (Wildman–Crippen LogP) is 2.41. The minimum Gasteiger partial charge on any atom is -0.392 e. The van der Waals surface area contributed by atoms with Gasteiger partial charge in [-0.25, -0.2) is 0 Å². The number of aromatic nitrogens is 1. The fourth-order valence-electron chi connectivity index (χ4n) is 2.31. The molecule has 0 aliphatic rings. The van der Waals surface area contributed by atoms with Crippen molar-refractivity contribution < 1.29 is 9.90 Å². The van der Waals surface area contributed by atoms with Gasteiger partial charge in [-0.15, -0.1) is 0 Å². The maximum atomic E-state index is 12.2. The Bertz CT molecular complexity index is 600. The van der Waals surface area contributed by atoms with Crippen molar-refractivity contribution in [2.24, 2.45) is 5.92 Å². The fraction of sp³-hybridized carbons (Fsp3) is 0.438. The number of aliphatic hydroxyl groups excluding tert-OH is 1. The van der Waals surface area contributed by atoms with E-state index in [1.54, 1.807) is 6.92 Å². The van der Waals surface area contributed by atoms with Crippen molar-refractivity contribution in [3.63, 3.8) is 0 Å². The third-order valence-electron chi connectivity index (χ3n) is 3.15. The Balaban J connectivity index is 2.35. The monoisotopic (exact) mass is 274 g/mol. The summed E-state index contributed by atoms with van der Waals surface area (Å²) in [6, 6.07) is 7.91. The van der Waals surface area contributed by atoms with Crippen LogP contribution in [0.25, 0.3) is 10.9 Å². The number of aliphatic hydroxyl groups is 1. The van der Waals surface area contributed by atoms with Gasteiger partial charge in [0.05, 0.1) is 11.7 Å². The maximum Gasteiger partial charge on any atom is 0.253 e. The smallest absolute Gasteiger partial charge is 0.253 e. The maximum absolute atomic E-state index is 12.2. The molecule has 1 aromatic heterocycles. The molecule has 0 bridgehead atoms. The second kappa shape index (κ2) is 6.09. The van der Waals surface area contributed by atoms with Crippen LogP contribution in [0, 0.1) is 5.92 Å². The van der Waals surface area contributed by atoms with E-state index in [2.05, 4.69) is 23.7 Å². The normalized spacial score (nSPS) is 12.8. The largest absolute Gasteiger partial charge is 0.392 e. The number of benzene rings is 1. The number of carbonyl (C=O) groups is 1. The summed E-state index contributed by atoms with van der Waals surface area (Å²) in [6.45, 7) is 7.11. The Hall–Kier alpha value is -1.81. The van der Waals surface area contributed by atoms with Gasteiger partial charge in [0.15, 0.2) is 0 Å². The molecule has 2 N–H and O–H groups in total. The van der Waals surface area contributed by atoms with Crippen LogP contribution in [0.2, 0.25) is 0 Å². The Labute approximate surface area is 119 Å². The summed E-state index contributed by atoms with van der Waals surface area (Å²) in [5.41, 5.74) is 1.74. The lowest BCUT2D eigenvalue weighted by molar-refractivity contribution is 0.0925. The SMILES string of the molecule is CC(C)Cn1cc(C(=O)NCC(C)O)c2ccccc21. The van der Waals surface area contributed by atoms with E-state index >= 15 is 0 Å². The van der Waals surface area contributed by atoms with E-state index in [0.29, 0.717) is 11.5 Å². The number of amides is 1. The molecule has 1 unspecified atom stereocenters. The minimum atomic E-state index is -0.539. The van der Waals surface area contributed by atoms with Gasteiger partial charge >= 0.3 is 0 Å². The van der Waals surface area contributed by atoms with Crippen molar-refractivity contribution in [1.29, 1.82) is 0 Å². The van der Waals surface area contributed by atoms with E-state index in [9.17, 15) is 9.90 Å². The third kappa shape index (κ3) is 3.20. The predicted molar refractivity (Wildman–Crippen MR) is 80.8 cm³/mol. The summed E-state index contributed by atoms with van der Waals surface area (Å²) in [5.74, 6) is 0.379. The molecule has 108 valence electrons. The van der Waals surface area contributed by atoms with Crippen LogP contribution in [0.3, 0.4) is 0 Å². The molecule has 0 saturated heterocycles. The Kier molecular flexibility index (Phi) is 4.45. The fourth-order valence-corrected chi connectivity index (χ4v) is 2.31. The molecule has 0 radical (unpaired) electrons. The zero-order valence-corrected chi connectivity index (χ0v) is 12.3. The van der Waals surface area contributed by atoms with Gasteiger partial charge in [0, 0.05) is 30.2 Å². The molecule has 0 fully saturated rings. The minimum absolute atomic E-state index is 0.135. The first-order valence-electron chi connectivity index (χ1n) is 7.03. The van der Waals surface area contributed by atoms with Crippen molar-refractivity contribution >= 4 is 16.8 Å². The molecule has 1 heterocycles. The Morgan fingerprint density at radius 1 is 1.30 bits per heavy atom. The van der Waals surface area contributed by atoms with Gasteiger partial charge < -0.3 is 15.0 Å². The summed E-state index contributed by atoms with van der Waals surface area (Å²) in [4.78, 5) is 12.2. The van der Waals surface area contributed by atoms with Gasteiger partial charge in [-0.2, -0.15) is 0 Å². The Morgan fingerprint density at radius 3 is 2.65 bits per heavy atom. The van der Waals surface area contributed by atoms with Crippen LogP contribution >= 0.6 is 0 Å². The first kappa shape index (κ1) is 14.6. The highest BCUT2D eigenvalue weighted by molar-refractivity contribution is 6.07. The average molecular weight is 274 g/mol. The van der Waals surface area contributed by atoms with E-state index < -0.39 is 6.10 Å². The molecular weight excluding hydrogens is 252 g/mol. The number of hydrogen-bond donors (Lipinski definition) is 2. The van der Waals surface area contributed by atoms with Gasteiger partial charge in [-0.1, -0.05) is 32.0 Å². The number of hydrogen-bond acceptors (Lipinski definition) is 2. The van der Waals surface area contributed by atoms with Gasteiger partial charge in [0.25, 0.3) is 5.91 Å². The molecule has 2 rings (SSSR count). The van der Waals surface area contributed by atoms with Crippen molar-refractivity contribution in [3.05, 3.63) is 36.0 Å². The lowest BCUT2D eigenvalue weighted by atomic mass is 10.1. The van der Waals surface area contributed by atoms with Crippen LogP contribution in [0.5, 0.6) is 0 Å². The molecule has 1 amide bonds. The molecule has 20 heavy (non-hydrogen) atoms. The molecule has 0 saturated carbocycles. The summed E-state index contributed by atoms with van der Waals surface area (Å²) < 4.78 is 2.12. The van der Waals surface area contributed by atoms with Gasteiger partial charge in [-0.3, -0.25) is 4.79 Å². The highest BCUT2D eigenvalue weighted by atomic mass is 16.3. The quantitative estimate of drug-likeness (QED) is 0.879. The van der Waals surface area contributed by atoms with Gasteiger partial charge in [-0.05, 0) is 18.9 Å². The van der Waals surface area contributed by atoms with E-state index in [1.165, 1.54) is 0 Å². The first-order chi connectivity index (χ1) is 9.49. The number of carbonyl (C=O) groups excluding carboxylic acids is 1. The van der Waals surface area contributed by atoms with Crippen LogP contribution in [0.4, 0.5) is 0 Å². The van der Waals surface area contributed by atoms with Crippen LogP contribution in [0.15, 0.2) is 30.5 Å². The van der Waals surface area contributed by atoms with Crippen LogP contribution in [-0.4, -0.2) is 28.2 Å². The highest BCUT2D eigenvalue weighted by Crippen LogP contribution is 2.22. The number of nitrogens with zero attached hydrogens (tertiary/aromatic N) is 1. The molecule has 1 atom stereocenters. The van der Waals surface area contributed by atoms with E-state index in [0.717, 1.165) is 17.4 Å². The summed E-state index contributed by atoms with van der Waals surface area (Å²) >= 11 is 0. The molecule has 4 heteroatoms. The molecule has 2 aromatic rings. The number of fused-ring (bicyclic) bond motifs is 1. The van der Waals surface area contributed by atoms with Gasteiger partial charge in [0.2, 0.25) is 0 Å². The number of rotatable bonds is 5. The summed E-state index contributed by atoms with van der Waals surface area (Å²) in [5, 5.41) is 13.0. The first-order valence-corrected chi connectivity index (χ1v) is 7.03. The van der Waals surface area contributed by atoms with Crippen molar-refractivity contribution in [2.75, 3.05) is 6.54 Å². The second-order valence-corrected chi connectivity index (χ2v) is 5.67. The van der Waals surface area contributed by atoms with Crippen molar-refractivity contribution in [1.82, 2.24) is 9.88 Å².